The molecule has 2 rings (SSSR count). The third-order valence-corrected chi connectivity index (χ3v) is 3.77. The molecule has 100 valence electrons. The van der Waals surface area contributed by atoms with Crippen molar-refractivity contribution in [2.24, 2.45) is 0 Å². The van der Waals surface area contributed by atoms with E-state index in [1.54, 1.807) is 0 Å². The summed E-state index contributed by atoms with van der Waals surface area (Å²) in [5.41, 5.74) is 2.87. The lowest BCUT2D eigenvalue weighted by molar-refractivity contribution is 0.215. The Morgan fingerprint density at radius 1 is 1.39 bits per heavy atom. The molecule has 0 saturated carbocycles. The SMILES string of the molecule is CCCNC1CCc2c(OC(C)CC)cccc21. The van der Waals surface area contributed by atoms with Crippen molar-refractivity contribution in [1.82, 2.24) is 5.32 Å². The molecule has 2 nitrogen and oxygen atoms in total. The minimum Gasteiger partial charge on any atom is -0.490 e. The second kappa shape index (κ2) is 6.24. The molecule has 0 spiro atoms. The number of rotatable bonds is 6. The normalized spacial score (nSPS) is 19.6. The molecule has 0 amide bonds. The quantitative estimate of drug-likeness (QED) is 0.824. The molecule has 0 aliphatic heterocycles. The van der Waals surface area contributed by atoms with Gasteiger partial charge in [-0.2, -0.15) is 0 Å². The summed E-state index contributed by atoms with van der Waals surface area (Å²) < 4.78 is 6.03. The number of hydrogen-bond acceptors (Lipinski definition) is 2. The molecule has 0 aromatic heterocycles. The molecule has 2 atom stereocenters. The van der Waals surface area contributed by atoms with E-state index in [1.165, 1.54) is 24.0 Å². The van der Waals surface area contributed by atoms with Crippen LogP contribution in [0, 0.1) is 0 Å². The van der Waals surface area contributed by atoms with Gasteiger partial charge in [0, 0.05) is 6.04 Å². The van der Waals surface area contributed by atoms with Gasteiger partial charge in [0.05, 0.1) is 6.10 Å². The number of ether oxygens (including phenoxy) is 1. The molecule has 0 heterocycles. The van der Waals surface area contributed by atoms with Gasteiger partial charge < -0.3 is 10.1 Å². The highest BCUT2D eigenvalue weighted by Gasteiger charge is 2.24. The molecule has 1 aliphatic carbocycles. The molecule has 0 fully saturated rings. The monoisotopic (exact) mass is 247 g/mol. The van der Waals surface area contributed by atoms with Crippen molar-refractivity contribution in [2.75, 3.05) is 6.54 Å². The van der Waals surface area contributed by atoms with Crippen molar-refractivity contribution in [3.8, 4) is 5.75 Å². The van der Waals surface area contributed by atoms with E-state index in [-0.39, 0.29) is 0 Å². The van der Waals surface area contributed by atoms with Gasteiger partial charge in [0.2, 0.25) is 0 Å². The third kappa shape index (κ3) is 2.86. The lowest BCUT2D eigenvalue weighted by Crippen LogP contribution is -2.19. The summed E-state index contributed by atoms with van der Waals surface area (Å²) in [7, 11) is 0. The maximum Gasteiger partial charge on any atom is 0.123 e. The molecule has 0 bridgehead atoms. The molecule has 1 aliphatic rings. The third-order valence-electron chi connectivity index (χ3n) is 3.77. The summed E-state index contributed by atoms with van der Waals surface area (Å²) in [5, 5.41) is 3.63. The number of hydrogen-bond donors (Lipinski definition) is 1. The van der Waals surface area contributed by atoms with Gasteiger partial charge >= 0.3 is 0 Å². The van der Waals surface area contributed by atoms with E-state index < -0.39 is 0 Å². The standard InChI is InChI=1S/C16H25NO/c1-4-11-17-15-10-9-14-13(15)7-6-8-16(14)18-12(3)5-2/h6-8,12,15,17H,4-5,9-11H2,1-3H3. The van der Waals surface area contributed by atoms with Crippen LogP contribution in [-0.4, -0.2) is 12.6 Å². The Balaban J connectivity index is 2.14. The van der Waals surface area contributed by atoms with Gasteiger partial charge in [0.1, 0.15) is 5.75 Å². The van der Waals surface area contributed by atoms with E-state index in [9.17, 15) is 0 Å². The van der Waals surface area contributed by atoms with Crippen molar-refractivity contribution in [3.63, 3.8) is 0 Å². The highest BCUT2D eigenvalue weighted by atomic mass is 16.5. The molecule has 18 heavy (non-hydrogen) atoms. The van der Waals surface area contributed by atoms with Crippen molar-refractivity contribution < 1.29 is 4.74 Å². The molecule has 2 unspecified atom stereocenters. The summed E-state index contributed by atoms with van der Waals surface area (Å²) in [6.07, 6.45) is 4.90. The van der Waals surface area contributed by atoms with Gasteiger partial charge in [-0.25, -0.2) is 0 Å². The molecule has 0 radical (unpaired) electrons. The lowest BCUT2D eigenvalue weighted by Gasteiger charge is -2.17. The zero-order valence-corrected chi connectivity index (χ0v) is 11.8. The van der Waals surface area contributed by atoms with E-state index >= 15 is 0 Å². The minimum atomic E-state index is 0.305. The van der Waals surface area contributed by atoms with Crippen LogP contribution < -0.4 is 10.1 Å². The van der Waals surface area contributed by atoms with E-state index in [4.69, 9.17) is 4.74 Å². The summed E-state index contributed by atoms with van der Waals surface area (Å²) >= 11 is 0. The summed E-state index contributed by atoms with van der Waals surface area (Å²) in [4.78, 5) is 0. The predicted octanol–water partition coefficient (Wildman–Crippen LogP) is 3.85. The van der Waals surface area contributed by atoms with Crippen LogP contribution in [0.25, 0.3) is 0 Å². The Morgan fingerprint density at radius 3 is 2.94 bits per heavy atom. The van der Waals surface area contributed by atoms with Crippen LogP contribution in [0.15, 0.2) is 18.2 Å². The number of nitrogens with one attached hydrogen (secondary N) is 1. The van der Waals surface area contributed by atoms with Crippen LogP contribution in [0.4, 0.5) is 0 Å². The van der Waals surface area contributed by atoms with Gasteiger partial charge in [-0.15, -0.1) is 0 Å². The first-order chi connectivity index (χ1) is 8.76. The zero-order chi connectivity index (χ0) is 13.0. The predicted molar refractivity (Wildman–Crippen MR) is 76.2 cm³/mol. The average Bonchev–Trinajstić information content (AvgIpc) is 2.80. The highest BCUT2D eigenvalue weighted by Crippen LogP contribution is 2.37. The van der Waals surface area contributed by atoms with Crippen LogP contribution in [-0.2, 0) is 6.42 Å². The van der Waals surface area contributed by atoms with E-state index in [2.05, 4.69) is 44.3 Å². The van der Waals surface area contributed by atoms with Gasteiger partial charge in [-0.1, -0.05) is 26.0 Å². The van der Waals surface area contributed by atoms with E-state index in [0.29, 0.717) is 12.1 Å². The molecular weight excluding hydrogens is 222 g/mol. The Labute approximate surface area is 111 Å². The van der Waals surface area contributed by atoms with Gasteiger partial charge in [-0.3, -0.25) is 0 Å². The Kier molecular flexibility index (Phi) is 4.65. The Morgan fingerprint density at radius 2 is 2.22 bits per heavy atom. The molecule has 0 saturated heterocycles. The van der Waals surface area contributed by atoms with Gasteiger partial charge in [0.25, 0.3) is 0 Å². The average molecular weight is 247 g/mol. The summed E-state index contributed by atoms with van der Waals surface area (Å²) in [6, 6.07) is 7.02. The van der Waals surface area contributed by atoms with Crippen LogP contribution in [0.2, 0.25) is 0 Å². The summed E-state index contributed by atoms with van der Waals surface area (Å²) in [6.45, 7) is 7.62. The van der Waals surface area contributed by atoms with Crippen LogP contribution >= 0.6 is 0 Å². The second-order valence-electron chi connectivity index (χ2n) is 5.21. The van der Waals surface area contributed by atoms with E-state index in [1.807, 2.05) is 0 Å². The van der Waals surface area contributed by atoms with Gasteiger partial charge in [0.15, 0.2) is 0 Å². The largest absolute Gasteiger partial charge is 0.490 e. The molecular formula is C16H25NO. The fraction of sp³-hybridized carbons (Fsp3) is 0.625. The first-order valence-corrected chi connectivity index (χ1v) is 7.28. The van der Waals surface area contributed by atoms with Crippen molar-refractivity contribution >= 4 is 0 Å². The maximum absolute atomic E-state index is 6.03. The number of fused-ring (bicyclic) bond motifs is 1. The first-order valence-electron chi connectivity index (χ1n) is 7.28. The topological polar surface area (TPSA) is 21.3 Å². The fourth-order valence-corrected chi connectivity index (χ4v) is 2.56. The minimum absolute atomic E-state index is 0.305. The Bertz CT molecular complexity index is 389. The van der Waals surface area contributed by atoms with Crippen LogP contribution in [0.3, 0.4) is 0 Å². The van der Waals surface area contributed by atoms with Crippen molar-refractivity contribution in [2.45, 2.75) is 58.6 Å². The van der Waals surface area contributed by atoms with Crippen LogP contribution in [0.1, 0.15) is 57.2 Å². The smallest absolute Gasteiger partial charge is 0.123 e. The number of benzene rings is 1. The van der Waals surface area contributed by atoms with Crippen molar-refractivity contribution in [1.29, 1.82) is 0 Å². The van der Waals surface area contributed by atoms with E-state index in [0.717, 1.165) is 25.1 Å². The Hall–Kier alpha value is -1.02. The van der Waals surface area contributed by atoms with Crippen molar-refractivity contribution in [3.05, 3.63) is 29.3 Å². The maximum atomic E-state index is 6.03. The molecule has 2 heteroatoms. The highest BCUT2D eigenvalue weighted by molar-refractivity contribution is 5.45. The fourth-order valence-electron chi connectivity index (χ4n) is 2.56. The molecule has 1 aromatic rings. The lowest BCUT2D eigenvalue weighted by atomic mass is 10.1. The van der Waals surface area contributed by atoms with Gasteiger partial charge in [-0.05, 0) is 56.3 Å². The zero-order valence-electron chi connectivity index (χ0n) is 11.8. The molecule has 1 N–H and O–H groups in total. The first kappa shape index (κ1) is 13.4. The summed E-state index contributed by atoms with van der Waals surface area (Å²) in [5.74, 6) is 1.10. The second-order valence-corrected chi connectivity index (χ2v) is 5.21. The van der Waals surface area contributed by atoms with Crippen LogP contribution in [0.5, 0.6) is 5.75 Å². The molecule has 1 aromatic carbocycles.